The van der Waals surface area contributed by atoms with Crippen molar-refractivity contribution in [3.05, 3.63) is 48.0 Å². The third-order valence-electron chi connectivity index (χ3n) is 3.63. The maximum Gasteiger partial charge on any atom is 0.0325 e. The Morgan fingerprint density at radius 3 is 2.35 bits per heavy atom. The lowest BCUT2D eigenvalue weighted by molar-refractivity contribution is 0.312. The van der Waals surface area contributed by atoms with Crippen molar-refractivity contribution in [2.45, 2.75) is 46.6 Å². The summed E-state index contributed by atoms with van der Waals surface area (Å²) in [6.07, 6.45) is 2.33. The molecular weight excluding hydrogens is 242 g/mol. The van der Waals surface area contributed by atoms with Gasteiger partial charge in [0.15, 0.2) is 0 Å². The Balaban J connectivity index is 2.29. The molecule has 0 aliphatic rings. The summed E-state index contributed by atoms with van der Waals surface area (Å²) in [5, 5.41) is 6.36. The monoisotopic (exact) mass is 269 g/mol. The van der Waals surface area contributed by atoms with Crippen LogP contribution >= 0.6 is 0 Å². The maximum absolute atomic E-state index is 3.71. The molecule has 0 saturated carbocycles. The zero-order valence-electron chi connectivity index (χ0n) is 13.2. The Hall–Kier alpha value is -1.34. The molecule has 1 heteroatoms. The molecule has 0 spiro atoms. The quantitative estimate of drug-likeness (QED) is 0.775. The van der Waals surface area contributed by atoms with Crippen molar-refractivity contribution in [1.82, 2.24) is 5.32 Å². The van der Waals surface area contributed by atoms with E-state index >= 15 is 0 Å². The number of hydrogen-bond acceptors (Lipinski definition) is 1. The lowest BCUT2D eigenvalue weighted by atomic mass is 9.85. The molecule has 1 atom stereocenters. The van der Waals surface area contributed by atoms with Crippen molar-refractivity contribution in [3.63, 3.8) is 0 Å². The fraction of sp³-hybridized carbons (Fsp3) is 0.474. The average Bonchev–Trinajstić information content (AvgIpc) is 2.41. The predicted molar refractivity (Wildman–Crippen MR) is 89.1 cm³/mol. The third kappa shape index (κ3) is 4.08. The molecule has 2 aromatic carbocycles. The summed E-state index contributed by atoms with van der Waals surface area (Å²) in [5.41, 5.74) is 1.74. The van der Waals surface area contributed by atoms with Gasteiger partial charge in [-0.1, -0.05) is 64.1 Å². The van der Waals surface area contributed by atoms with Gasteiger partial charge >= 0.3 is 0 Å². The van der Waals surface area contributed by atoms with Crippen LogP contribution in [0.15, 0.2) is 42.5 Å². The Kier molecular flexibility index (Phi) is 4.82. The molecule has 0 heterocycles. The highest BCUT2D eigenvalue weighted by molar-refractivity contribution is 5.83. The van der Waals surface area contributed by atoms with Gasteiger partial charge in [-0.05, 0) is 47.2 Å². The Morgan fingerprint density at radius 2 is 1.70 bits per heavy atom. The minimum Gasteiger partial charge on any atom is -0.310 e. The number of rotatable bonds is 5. The number of benzene rings is 2. The molecule has 1 nitrogen and oxygen atoms in total. The molecule has 2 aromatic rings. The van der Waals surface area contributed by atoms with Gasteiger partial charge in [-0.25, -0.2) is 0 Å². The smallest absolute Gasteiger partial charge is 0.0325 e. The second-order valence-electron chi connectivity index (χ2n) is 6.88. The van der Waals surface area contributed by atoms with E-state index in [9.17, 15) is 0 Å². The minimum absolute atomic E-state index is 0.330. The molecule has 0 amide bonds. The first kappa shape index (κ1) is 15.1. The Morgan fingerprint density at radius 1 is 1.00 bits per heavy atom. The Bertz CT molecular complexity index is 551. The summed E-state index contributed by atoms with van der Waals surface area (Å²) in [7, 11) is 0. The third-order valence-corrected chi connectivity index (χ3v) is 3.63. The minimum atomic E-state index is 0.330. The van der Waals surface area contributed by atoms with Gasteiger partial charge in [0, 0.05) is 6.04 Å². The molecule has 0 fully saturated rings. The summed E-state index contributed by atoms with van der Waals surface area (Å²) < 4.78 is 0. The zero-order chi connectivity index (χ0) is 14.6. The normalized spacial score (nSPS) is 13.6. The van der Waals surface area contributed by atoms with Crippen LogP contribution in [0.1, 0.15) is 52.1 Å². The van der Waals surface area contributed by atoms with Crippen LogP contribution in [-0.4, -0.2) is 6.54 Å². The van der Waals surface area contributed by atoms with Crippen molar-refractivity contribution in [1.29, 1.82) is 0 Å². The molecule has 0 saturated heterocycles. The first-order valence-corrected chi connectivity index (χ1v) is 7.72. The fourth-order valence-corrected chi connectivity index (χ4v) is 2.66. The van der Waals surface area contributed by atoms with Gasteiger partial charge in [0.1, 0.15) is 0 Å². The lowest BCUT2D eigenvalue weighted by Gasteiger charge is -2.27. The molecule has 0 aliphatic carbocycles. The van der Waals surface area contributed by atoms with Crippen LogP contribution in [-0.2, 0) is 0 Å². The molecule has 0 aromatic heterocycles. The first-order chi connectivity index (χ1) is 9.49. The van der Waals surface area contributed by atoms with Crippen molar-refractivity contribution < 1.29 is 0 Å². The highest BCUT2D eigenvalue weighted by Gasteiger charge is 2.19. The van der Waals surface area contributed by atoms with Gasteiger partial charge in [0.25, 0.3) is 0 Å². The van der Waals surface area contributed by atoms with Crippen molar-refractivity contribution in [2.24, 2.45) is 5.41 Å². The van der Waals surface area contributed by atoms with Crippen LogP contribution < -0.4 is 5.32 Å². The van der Waals surface area contributed by atoms with Crippen LogP contribution in [0.2, 0.25) is 0 Å². The van der Waals surface area contributed by atoms with E-state index < -0.39 is 0 Å². The van der Waals surface area contributed by atoms with Crippen LogP contribution in [0, 0.1) is 5.41 Å². The van der Waals surface area contributed by atoms with Crippen molar-refractivity contribution in [2.75, 3.05) is 6.54 Å². The molecule has 108 valence electrons. The van der Waals surface area contributed by atoms with E-state index in [2.05, 4.69) is 75.5 Å². The molecule has 20 heavy (non-hydrogen) atoms. The second kappa shape index (κ2) is 6.41. The maximum atomic E-state index is 3.71. The van der Waals surface area contributed by atoms with Crippen LogP contribution in [0.5, 0.6) is 0 Å². The molecule has 1 unspecified atom stereocenters. The summed E-state index contributed by atoms with van der Waals surface area (Å²) in [4.78, 5) is 0. The van der Waals surface area contributed by atoms with Gasteiger partial charge < -0.3 is 5.32 Å². The van der Waals surface area contributed by atoms with Gasteiger partial charge in [0.2, 0.25) is 0 Å². The lowest BCUT2D eigenvalue weighted by Crippen LogP contribution is -2.26. The van der Waals surface area contributed by atoms with E-state index in [0.717, 1.165) is 13.0 Å². The standard InChI is InChI=1S/C19H27N/c1-5-12-20-18(14-19(2,3)4)17-11-10-15-8-6-7-9-16(15)13-17/h6-11,13,18,20H,5,12,14H2,1-4H3. The van der Waals surface area contributed by atoms with Crippen LogP contribution in [0.25, 0.3) is 10.8 Å². The van der Waals surface area contributed by atoms with Gasteiger partial charge in [-0.15, -0.1) is 0 Å². The topological polar surface area (TPSA) is 12.0 Å². The molecule has 0 radical (unpaired) electrons. The first-order valence-electron chi connectivity index (χ1n) is 7.72. The van der Waals surface area contributed by atoms with E-state index in [1.165, 1.54) is 22.8 Å². The molecule has 0 aliphatic heterocycles. The van der Waals surface area contributed by atoms with Crippen molar-refractivity contribution >= 4 is 10.8 Å². The molecule has 0 bridgehead atoms. The number of nitrogens with one attached hydrogen (secondary N) is 1. The average molecular weight is 269 g/mol. The summed E-state index contributed by atoms with van der Waals surface area (Å²) in [6.45, 7) is 10.2. The molecular formula is C19H27N. The van der Waals surface area contributed by atoms with Gasteiger partial charge in [0.05, 0.1) is 0 Å². The number of fused-ring (bicyclic) bond motifs is 1. The summed E-state index contributed by atoms with van der Waals surface area (Å²) in [5.74, 6) is 0. The summed E-state index contributed by atoms with van der Waals surface area (Å²) >= 11 is 0. The second-order valence-corrected chi connectivity index (χ2v) is 6.88. The zero-order valence-corrected chi connectivity index (χ0v) is 13.2. The Labute approximate surface area is 123 Å². The van der Waals surface area contributed by atoms with E-state index in [1.54, 1.807) is 0 Å². The molecule has 2 rings (SSSR count). The SMILES string of the molecule is CCCNC(CC(C)(C)C)c1ccc2ccccc2c1. The summed E-state index contributed by atoms with van der Waals surface area (Å²) in [6, 6.07) is 15.9. The van der Waals surface area contributed by atoms with Crippen LogP contribution in [0.3, 0.4) is 0 Å². The van der Waals surface area contributed by atoms with E-state index in [0.29, 0.717) is 11.5 Å². The van der Waals surface area contributed by atoms with E-state index in [-0.39, 0.29) is 0 Å². The van der Waals surface area contributed by atoms with Gasteiger partial charge in [-0.2, -0.15) is 0 Å². The van der Waals surface area contributed by atoms with Crippen LogP contribution in [0.4, 0.5) is 0 Å². The number of hydrogen-bond donors (Lipinski definition) is 1. The largest absolute Gasteiger partial charge is 0.310 e. The fourth-order valence-electron chi connectivity index (χ4n) is 2.66. The van der Waals surface area contributed by atoms with E-state index in [4.69, 9.17) is 0 Å². The van der Waals surface area contributed by atoms with Gasteiger partial charge in [-0.3, -0.25) is 0 Å². The predicted octanol–water partition coefficient (Wildman–Crippen LogP) is 5.32. The molecule has 1 N–H and O–H groups in total. The highest BCUT2D eigenvalue weighted by Crippen LogP contribution is 2.30. The van der Waals surface area contributed by atoms with E-state index in [1.807, 2.05) is 0 Å². The highest BCUT2D eigenvalue weighted by atomic mass is 14.9. The van der Waals surface area contributed by atoms with Crippen molar-refractivity contribution in [3.8, 4) is 0 Å².